The molecule has 0 saturated carbocycles. The van der Waals surface area contributed by atoms with Gasteiger partial charge in [0.05, 0.1) is 0 Å². The van der Waals surface area contributed by atoms with E-state index < -0.39 is 5.97 Å². The van der Waals surface area contributed by atoms with Gasteiger partial charge in [-0.2, -0.15) is 0 Å². The molecule has 0 aliphatic heterocycles. The maximum absolute atomic E-state index is 10.3. The van der Waals surface area contributed by atoms with Crippen molar-refractivity contribution in [1.82, 2.24) is 0 Å². The van der Waals surface area contributed by atoms with Crippen LogP contribution in [0.25, 0.3) is 0 Å². The van der Waals surface area contributed by atoms with Crippen LogP contribution in [0.2, 0.25) is 0 Å². The summed E-state index contributed by atoms with van der Waals surface area (Å²) in [4.78, 5) is 10.3. The quantitative estimate of drug-likeness (QED) is 0.205. The van der Waals surface area contributed by atoms with Crippen LogP contribution in [0.4, 0.5) is 0 Å². The second kappa shape index (κ2) is 20.4. The number of carboxylic acid groups (broad SMARTS) is 1. The van der Waals surface area contributed by atoms with E-state index in [1.165, 1.54) is 83.5 Å². The number of unbranched alkanes of at least 4 members (excludes halogenated alkanes) is 14. The summed E-state index contributed by atoms with van der Waals surface area (Å²) in [6.07, 6.45) is 20.2. The van der Waals surface area contributed by atoms with Crippen LogP contribution in [0.15, 0.2) is 0 Å². The number of aliphatic carboxylic acids is 1. The van der Waals surface area contributed by atoms with Crippen LogP contribution in [-0.2, 0) is 32.5 Å². The van der Waals surface area contributed by atoms with E-state index in [-0.39, 0.29) is 27.7 Å². The first-order chi connectivity index (χ1) is 9.77. The van der Waals surface area contributed by atoms with Gasteiger partial charge >= 0.3 is 5.97 Å². The second-order valence-electron chi connectivity index (χ2n) is 6.09. The van der Waals surface area contributed by atoms with Crippen LogP contribution in [0.5, 0.6) is 0 Å². The number of carbonyl (C=O) groups is 1. The van der Waals surface area contributed by atoms with Gasteiger partial charge in [-0.1, -0.05) is 96.8 Å². The summed E-state index contributed by atoms with van der Waals surface area (Å²) in [5.74, 6) is -0.653. The molecule has 0 radical (unpaired) electrons. The van der Waals surface area contributed by atoms with Gasteiger partial charge in [0.2, 0.25) is 0 Å². The normalized spacial score (nSPS) is 10.3. The Hall–Kier alpha value is 0.405. The molecule has 21 heavy (non-hydrogen) atoms. The van der Waals surface area contributed by atoms with Crippen molar-refractivity contribution in [3.63, 3.8) is 0 Å². The first kappa shape index (κ1) is 23.7. The monoisotopic (exact) mass is 486 g/mol. The number of hydrogen-bond acceptors (Lipinski definition) is 1. The van der Waals surface area contributed by atoms with Gasteiger partial charge in [0, 0.05) is 34.1 Å². The van der Waals surface area contributed by atoms with Gasteiger partial charge < -0.3 is 5.11 Å². The molecule has 1 N–H and O–H groups in total. The van der Waals surface area contributed by atoms with Gasteiger partial charge in [-0.25, -0.2) is 0 Å². The minimum absolute atomic E-state index is 0. The Bertz CT molecular complexity index is 207. The van der Waals surface area contributed by atoms with Crippen LogP contribution in [0.3, 0.4) is 0 Å². The van der Waals surface area contributed by atoms with Crippen molar-refractivity contribution in [2.45, 2.75) is 110 Å². The molecule has 0 aromatic rings. The van der Waals surface area contributed by atoms with Gasteiger partial charge in [0.1, 0.15) is 0 Å². The van der Waals surface area contributed by atoms with Gasteiger partial charge in [-0.3, -0.25) is 4.79 Å². The molecule has 0 unspecified atom stereocenters. The Morgan fingerprint density at radius 1 is 0.619 bits per heavy atom. The molecule has 0 rings (SSSR count). The van der Waals surface area contributed by atoms with E-state index in [0.717, 1.165) is 12.8 Å². The standard InChI is InChI=1S/C18H36O2.Hg/c1-2-3-4-5-6-7-8-9-10-11-12-13-14-15-16-17-18(19)20;/h2-17H2,1H3,(H,19,20);. The van der Waals surface area contributed by atoms with Gasteiger partial charge in [-0.05, 0) is 6.42 Å². The summed E-state index contributed by atoms with van der Waals surface area (Å²) < 4.78 is 0. The van der Waals surface area contributed by atoms with Crippen LogP contribution < -0.4 is 0 Å². The fourth-order valence-corrected chi connectivity index (χ4v) is 2.65. The maximum Gasteiger partial charge on any atom is 0.303 e. The molecule has 0 aliphatic carbocycles. The molecule has 0 amide bonds. The molecule has 0 atom stereocenters. The zero-order valence-corrected chi connectivity index (χ0v) is 19.9. The summed E-state index contributed by atoms with van der Waals surface area (Å²) in [6.45, 7) is 2.27. The van der Waals surface area contributed by atoms with Crippen molar-refractivity contribution in [1.29, 1.82) is 0 Å². The largest absolute Gasteiger partial charge is 0.481 e. The Kier molecular flexibility index (Phi) is 23.0. The molecule has 0 aromatic carbocycles. The van der Waals surface area contributed by atoms with E-state index in [4.69, 9.17) is 5.11 Å². The summed E-state index contributed by atoms with van der Waals surface area (Å²) >= 11 is 0. The number of hydrogen-bond donors (Lipinski definition) is 1. The predicted molar refractivity (Wildman–Crippen MR) is 87.2 cm³/mol. The van der Waals surface area contributed by atoms with E-state index in [1.54, 1.807) is 0 Å². The predicted octanol–water partition coefficient (Wildman–Crippen LogP) is 6.33. The Labute approximate surface area is 153 Å². The molecular formula is C18H36HgO2. The number of carboxylic acids is 1. The molecule has 0 heterocycles. The van der Waals surface area contributed by atoms with Gasteiger partial charge in [-0.15, -0.1) is 0 Å². The average Bonchev–Trinajstić information content (AvgIpc) is 2.43. The van der Waals surface area contributed by atoms with Crippen LogP contribution in [0, 0.1) is 0 Å². The second-order valence-corrected chi connectivity index (χ2v) is 6.09. The summed E-state index contributed by atoms with van der Waals surface area (Å²) in [7, 11) is 0. The summed E-state index contributed by atoms with van der Waals surface area (Å²) in [5.41, 5.74) is 0. The van der Waals surface area contributed by atoms with Gasteiger partial charge in [0.25, 0.3) is 0 Å². The molecule has 122 valence electrons. The third-order valence-electron chi connectivity index (χ3n) is 3.99. The molecule has 0 saturated heterocycles. The number of rotatable bonds is 16. The van der Waals surface area contributed by atoms with Crippen molar-refractivity contribution < 1.29 is 37.6 Å². The fraction of sp³-hybridized carbons (Fsp3) is 0.944. The minimum atomic E-state index is -0.653. The SMILES string of the molecule is CCCCCCCCCCCCCCCCCC(=O)O.[Hg]. The van der Waals surface area contributed by atoms with E-state index in [2.05, 4.69) is 6.92 Å². The zero-order chi connectivity index (χ0) is 14.9. The zero-order valence-electron chi connectivity index (χ0n) is 14.4. The topological polar surface area (TPSA) is 37.3 Å². The maximum atomic E-state index is 10.3. The van der Waals surface area contributed by atoms with Crippen molar-refractivity contribution in [3.8, 4) is 0 Å². The molecular weight excluding hydrogens is 449 g/mol. The van der Waals surface area contributed by atoms with Crippen molar-refractivity contribution in [2.75, 3.05) is 0 Å². The Morgan fingerprint density at radius 3 is 1.19 bits per heavy atom. The van der Waals surface area contributed by atoms with Crippen molar-refractivity contribution >= 4 is 5.97 Å². The fourth-order valence-electron chi connectivity index (χ4n) is 2.65. The summed E-state index contributed by atoms with van der Waals surface area (Å²) in [6, 6.07) is 0. The molecule has 2 nitrogen and oxygen atoms in total. The Balaban J connectivity index is 0. The molecule has 0 spiro atoms. The van der Waals surface area contributed by atoms with E-state index in [1.807, 2.05) is 0 Å². The van der Waals surface area contributed by atoms with Crippen molar-refractivity contribution in [3.05, 3.63) is 0 Å². The Morgan fingerprint density at radius 2 is 0.905 bits per heavy atom. The average molecular weight is 485 g/mol. The van der Waals surface area contributed by atoms with Crippen molar-refractivity contribution in [2.24, 2.45) is 0 Å². The van der Waals surface area contributed by atoms with Crippen LogP contribution in [0.1, 0.15) is 110 Å². The first-order valence-electron chi connectivity index (χ1n) is 8.99. The first-order valence-corrected chi connectivity index (χ1v) is 8.99. The molecule has 0 aliphatic rings. The smallest absolute Gasteiger partial charge is 0.303 e. The van der Waals surface area contributed by atoms with E-state index in [9.17, 15) is 4.79 Å². The third-order valence-corrected chi connectivity index (χ3v) is 3.99. The minimum Gasteiger partial charge on any atom is -0.481 e. The molecule has 0 aromatic heterocycles. The third kappa shape index (κ3) is 22.8. The molecule has 3 heteroatoms. The van der Waals surface area contributed by atoms with E-state index >= 15 is 0 Å². The molecule has 0 fully saturated rings. The van der Waals surface area contributed by atoms with E-state index in [0.29, 0.717) is 6.42 Å². The van der Waals surface area contributed by atoms with Crippen LogP contribution in [-0.4, -0.2) is 11.1 Å². The van der Waals surface area contributed by atoms with Crippen LogP contribution >= 0.6 is 0 Å². The molecule has 0 bridgehead atoms. The summed E-state index contributed by atoms with van der Waals surface area (Å²) in [5, 5.41) is 8.52. The van der Waals surface area contributed by atoms with Gasteiger partial charge in [0.15, 0.2) is 0 Å².